The fourth-order valence-electron chi connectivity index (χ4n) is 2.08. The van der Waals surface area contributed by atoms with Crippen molar-refractivity contribution in [1.29, 1.82) is 0 Å². The molecule has 18 heavy (non-hydrogen) atoms. The van der Waals surface area contributed by atoms with Crippen LogP contribution < -0.4 is 11.3 Å². The normalized spacial score (nSPS) is 12.4. The lowest BCUT2D eigenvalue weighted by Crippen LogP contribution is -2.29. The molecule has 0 aliphatic carbocycles. The van der Waals surface area contributed by atoms with Crippen molar-refractivity contribution in [3.05, 3.63) is 64.5 Å². The molecule has 1 heterocycles. The van der Waals surface area contributed by atoms with Crippen LogP contribution in [0.15, 0.2) is 36.5 Å². The first-order chi connectivity index (χ1) is 8.61. The van der Waals surface area contributed by atoms with Crippen LogP contribution in [-0.4, -0.2) is 4.98 Å². The first-order valence-electron chi connectivity index (χ1n) is 6.07. The third-order valence-corrected chi connectivity index (χ3v) is 3.29. The fraction of sp³-hybridized carbons (Fsp3) is 0.267. The average molecular weight is 241 g/mol. The number of hydrazine groups is 1. The van der Waals surface area contributed by atoms with Gasteiger partial charge in [-0.2, -0.15) is 0 Å². The molecule has 2 rings (SSSR count). The lowest BCUT2D eigenvalue weighted by molar-refractivity contribution is 0.635. The number of nitrogens with one attached hydrogen (secondary N) is 1. The molecule has 0 aliphatic heterocycles. The molecule has 3 heteroatoms. The summed E-state index contributed by atoms with van der Waals surface area (Å²) < 4.78 is 0. The summed E-state index contributed by atoms with van der Waals surface area (Å²) in [5.41, 5.74) is 8.75. The molecular formula is C15H19N3. The zero-order valence-corrected chi connectivity index (χ0v) is 11.1. The van der Waals surface area contributed by atoms with Crippen LogP contribution in [0.2, 0.25) is 0 Å². The Morgan fingerprint density at radius 2 is 1.72 bits per heavy atom. The zero-order valence-electron chi connectivity index (χ0n) is 11.1. The van der Waals surface area contributed by atoms with Crippen molar-refractivity contribution in [2.24, 2.45) is 5.84 Å². The molecule has 3 nitrogen and oxygen atoms in total. The molecule has 0 radical (unpaired) electrons. The van der Waals surface area contributed by atoms with Crippen molar-refractivity contribution < 1.29 is 0 Å². The molecule has 0 spiro atoms. The number of nitrogens with two attached hydrogens (primary N) is 1. The van der Waals surface area contributed by atoms with Gasteiger partial charge in [-0.3, -0.25) is 10.8 Å². The van der Waals surface area contributed by atoms with Gasteiger partial charge in [0.15, 0.2) is 0 Å². The van der Waals surface area contributed by atoms with Crippen molar-refractivity contribution in [3.63, 3.8) is 0 Å². The Morgan fingerprint density at radius 1 is 1.00 bits per heavy atom. The van der Waals surface area contributed by atoms with Crippen LogP contribution in [-0.2, 0) is 0 Å². The monoisotopic (exact) mass is 241 g/mol. The first kappa shape index (κ1) is 12.7. The minimum absolute atomic E-state index is 0.00556. The topological polar surface area (TPSA) is 50.9 Å². The second-order valence-corrected chi connectivity index (χ2v) is 4.67. The van der Waals surface area contributed by atoms with Crippen LogP contribution in [0, 0.1) is 20.8 Å². The van der Waals surface area contributed by atoms with Gasteiger partial charge in [0.2, 0.25) is 0 Å². The van der Waals surface area contributed by atoms with E-state index >= 15 is 0 Å². The Kier molecular flexibility index (Phi) is 3.75. The lowest BCUT2D eigenvalue weighted by Gasteiger charge is -2.18. The average Bonchev–Trinajstić information content (AvgIpc) is 2.35. The zero-order chi connectivity index (χ0) is 13.1. The summed E-state index contributed by atoms with van der Waals surface area (Å²) in [7, 11) is 0. The van der Waals surface area contributed by atoms with E-state index in [1.54, 1.807) is 0 Å². The molecule has 0 saturated heterocycles. The highest BCUT2D eigenvalue weighted by Gasteiger charge is 2.13. The third-order valence-electron chi connectivity index (χ3n) is 3.29. The summed E-state index contributed by atoms with van der Waals surface area (Å²) >= 11 is 0. The van der Waals surface area contributed by atoms with Crippen molar-refractivity contribution in [1.82, 2.24) is 10.4 Å². The van der Waals surface area contributed by atoms with Gasteiger partial charge in [-0.05, 0) is 55.2 Å². The molecule has 3 N–H and O–H groups in total. The Labute approximate surface area is 108 Å². The van der Waals surface area contributed by atoms with E-state index in [1.165, 1.54) is 16.7 Å². The van der Waals surface area contributed by atoms with Gasteiger partial charge in [0.25, 0.3) is 0 Å². The Hall–Kier alpha value is -1.71. The van der Waals surface area contributed by atoms with Crippen molar-refractivity contribution in [3.8, 4) is 0 Å². The number of aromatic nitrogens is 1. The van der Waals surface area contributed by atoms with Crippen LogP contribution in [0.4, 0.5) is 0 Å². The predicted molar refractivity (Wildman–Crippen MR) is 74.1 cm³/mol. The summed E-state index contributed by atoms with van der Waals surface area (Å²) in [6, 6.07) is 10.5. The number of benzene rings is 1. The molecule has 1 aromatic heterocycles. The van der Waals surface area contributed by atoms with Crippen LogP contribution >= 0.6 is 0 Å². The van der Waals surface area contributed by atoms with E-state index in [4.69, 9.17) is 5.84 Å². The number of aryl methyl sites for hydroxylation is 3. The standard InChI is InChI=1S/C15H19N3/c1-10-4-5-13(8-11(10)2)15(18-16)14-6-7-17-12(3)9-14/h4-9,15,18H,16H2,1-3H3. The fourth-order valence-corrected chi connectivity index (χ4v) is 2.08. The molecule has 1 aromatic carbocycles. The van der Waals surface area contributed by atoms with E-state index in [0.29, 0.717) is 0 Å². The van der Waals surface area contributed by atoms with Gasteiger partial charge in [0, 0.05) is 11.9 Å². The van der Waals surface area contributed by atoms with E-state index in [9.17, 15) is 0 Å². The highest BCUT2D eigenvalue weighted by atomic mass is 15.2. The highest BCUT2D eigenvalue weighted by Crippen LogP contribution is 2.23. The summed E-state index contributed by atoms with van der Waals surface area (Å²) in [6.45, 7) is 6.21. The molecule has 0 aliphatic rings. The second kappa shape index (κ2) is 5.29. The van der Waals surface area contributed by atoms with Crippen LogP contribution in [0.5, 0.6) is 0 Å². The second-order valence-electron chi connectivity index (χ2n) is 4.67. The molecule has 1 unspecified atom stereocenters. The lowest BCUT2D eigenvalue weighted by atomic mass is 9.96. The molecule has 94 valence electrons. The van der Waals surface area contributed by atoms with Gasteiger partial charge < -0.3 is 0 Å². The number of hydrogen-bond acceptors (Lipinski definition) is 3. The smallest absolute Gasteiger partial charge is 0.0711 e. The van der Waals surface area contributed by atoms with Crippen LogP contribution in [0.1, 0.15) is 34.0 Å². The summed E-state index contributed by atoms with van der Waals surface area (Å²) in [5, 5.41) is 0. The van der Waals surface area contributed by atoms with Crippen molar-refractivity contribution >= 4 is 0 Å². The van der Waals surface area contributed by atoms with E-state index in [0.717, 1.165) is 11.3 Å². The maximum absolute atomic E-state index is 5.70. The predicted octanol–water partition coefficient (Wildman–Crippen LogP) is 2.56. The molecule has 0 saturated carbocycles. The molecule has 0 amide bonds. The first-order valence-corrected chi connectivity index (χ1v) is 6.07. The molecule has 2 aromatic rings. The van der Waals surface area contributed by atoms with E-state index in [2.05, 4.69) is 48.5 Å². The number of pyridine rings is 1. The third kappa shape index (κ3) is 2.58. The quantitative estimate of drug-likeness (QED) is 0.641. The van der Waals surface area contributed by atoms with Gasteiger partial charge >= 0.3 is 0 Å². The Balaban J connectivity index is 2.42. The van der Waals surface area contributed by atoms with Gasteiger partial charge in [-0.15, -0.1) is 0 Å². The van der Waals surface area contributed by atoms with Crippen molar-refractivity contribution in [2.75, 3.05) is 0 Å². The van der Waals surface area contributed by atoms with E-state index in [1.807, 2.05) is 19.2 Å². The minimum atomic E-state index is 0.00556. The van der Waals surface area contributed by atoms with Gasteiger partial charge in [-0.1, -0.05) is 18.2 Å². The van der Waals surface area contributed by atoms with Crippen LogP contribution in [0.3, 0.4) is 0 Å². The summed E-state index contributed by atoms with van der Waals surface area (Å²) in [6.07, 6.45) is 1.82. The van der Waals surface area contributed by atoms with Gasteiger partial charge in [0.05, 0.1) is 6.04 Å². The van der Waals surface area contributed by atoms with Gasteiger partial charge in [-0.25, -0.2) is 5.43 Å². The molecule has 0 fully saturated rings. The maximum atomic E-state index is 5.70. The molecule has 0 bridgehead atoms. The summed E-state index contributed by atoms with van der Waals surface area (Å²) in [4.78, 5) is 4.21. The van der Waals surface area contributed by atoms with Gasteiger partial charge in [0.1, 0.15) is 0 Å². The molecule has 1 atom stereocenters. The largest absolute Gasteiger partial charge is 0.271 e. The van der Waals surface area contributed by atoms with Crippen molar-refractivity contribution in [2.45, 2.75) is 26.8 Å². The van der Waals surface area contributed by atoms with E-state index < -0.39 is 0 Å². The number of nitrogens with zero attached hydrogens (tertiary/aromatic N) is 1. The highest BCUT2D eigenvalue weighted by molar-refractivity contribution is 5.37. The Morgan fingerprint density at radius 3 is 2.33 bits per heavy atom. The van der Waals surface area contributed by atoms with Crippen LogP contribution in [0.25, 0.3) is 0 Å². The Bertz CT molecular complexity index is 549. The SMILES string of the molecule is Cc1cc(C(NN)c2ccc(C)c(C)c2)ccn1. The maximum Gasteiger partial charge on any atom is 0.0711 e. The summed E-state index contributed by atoms with van der Waals surface area (Å²) in [5.74, 6) is 5.70. The van der Waals surface area contributed by atoms with E-state index in [-0.39, 0.29) is 6.04 Å². The molecular weight excluding hydrogens is 222 g/mol. The number of hydrogen-bond donors (Lipinski definition) is 2. The minimum Gasteiger partial charge on any atom is -0.271 e. The number of rotatable bonds is 3.